The third kappa shape index (κ3) is 2.51. The van der Waals surface area contributed by atoms with Gasteiger partial charge in [-0.15, -0.1) is 0 Å². The second-order valence-corrected chi connectivity index (χ2v) is 6.28. The van der Waals surface area contributed by atoms with Crippen LogP contribution in [-0.2, 0) is 6.54 Å². The smallest absolute Gasteiger partial charge is 0.0417 e. The van der Waals surface area contributed by atoms with Gasteiger partial charge in [0.1, 0.15) is 0 Å². The highest BCUT2D eigenvalue weighted by Gasteiger charge is 2.34. The van der Waals surface area contributed by atoms with Crippen molar-refractivity contribution < 1.29 is 0 Å². The molecule has 1 saturated heterocycles. The van der Waals surface area contributed by atoms with E-state index in [4.69, 9.17) is 5.73 Å². The normalized spacial score (nSPS) is 24.3. The van der Waals surface area contributed by atoms with Crippen LogP contribution in [0.3, 0.4) is 0 Å². The molecule has 1 aliphatic carbocycles. The number of anilines is 1. The van der Waals surface area contributed by atoms with Crippen LogP contribution in [0.4, 0.5) is 5.69 Å². The van der Waals surface area contributed by atoms with Gasteiger partial charge in [0.25, 0.3) is 0 Å². The summed E-state index contributed by atoms with van der Waals surface area (Å²) in [6.45, 7) is 4.06. The number of hydrogen-bond acceptors (Lipinski definition) is 2. The monoisotopic (exact) mass is 258 g/mol. The van der Waals surface area contributed by atoms with Crippen LogP contribution in [0, 0.1) is 12.8 Å². The zero-order chi connectivity index (χ0) is 13.2. The Morgan fingerprint density at radius 2 is 1.95 bits per heavy atom. The molecule has 19 heavy (non-hydrogen) atoms. The summed E-state index contributed by atoms with van der Waals surface area (Å²) in [6.07, 6.45) is 8.47. The van der Waals surface area contributed by atoms with Gasteiger partial charge in [-0.2, -0.15) is 0 Å². The Labute approximate surface area is 117 Å². The molecule has 1 aliphatic heterocycles. The first-order valence-corrected chi connectivity index (χ1v) is 7.86. The van der Waals surface area contributed by atoms with Crippen molar-refractivity contribution >= 4 is 5.69 Å². The molecule has 2 fully saturated rings. The Hall–Kier alpha value is -1.02. The molecular weight excluding hydrogens is 232 g/mol. The molecule has 1 unspecified atom stereocenters. The first kappa shape index (κ1) is 13.0. The molecule has 3 rings (SSSR count). The number of rotatable bonds is 3. The van der Waals surface area contributed by atoms with E-state index in [9.17, 15) is 0 Å². The minimum absolute atomic E-state index is 0.656. The Bertz CT molecular complexity index is 435. The molecule has 0 aromatic heterocycles. The molecule has 1 heterocycles. The van der Waals surface area contributed by atoms with Gasteiger partial charge in [0.2, 0.25) is 0 Å². The van der Waals surface area contributed by atoms with E-state index in [-0.39, 0.29) is 0 Å². The van der Waals surface area contributed by atoms with Crippen LogP contribution in [0.25, 0.3) is 0 Å². The summed E-state index contributed by atoms with van der Waals surface area (Å²) in [5.41, 5.74) is 10.0. The van der Waals surface area contributed by atoms with Crippen LogP contribution in [0.5, 0.6) is 0 Å². The molecule has 0 bridgehead atoms. The van der Waals surface area contributed by atoms with Crippen LogP contribution in [0.2, 0.25) is 0 Å². The molecule has 1 aromatic rings. The Morgan fingerprint density at radius 3 is 2.68 bits per heavy atom. The minimum Gasteiger partial charge on any atom is -0.368 e. The van der Waals surface area contributed by atoms with Crippen molar-refractivity contribution in [3.05, 3.63) is 29.3 Å². The molecule has 0 spiro atoms. The number of hydrogen-bond donors (Lipinski definition) is 1. The van der Waals surface area contributed by atoms with E-state index in [0.717, 1.165) is 12.0 Å². The SMILES string of the molecule is Cc1ccc(CN)c(N2CCCC2C2CCCC2)c1. The lowest BCUT2D eigenvalue weighted by Gasteiger charge is -2.33. The molecule has 1 aromatic carbocycles. The van der Waals surface area contributed by atoms with Crippen LogP contribution in [-0.4, -0.2) is 12.6 Å². The molecule has 0 radical (unpaired) electrons. The lowest BCUT2D eigenvalue weighted by molar-refractivity contribution is 0.430. The lowest BCUT2D eigenvalue weighted by Crippen LogP contribution is -2.35. The number of aryl methyl sites for hydroxylation is 1. The first-order chi connectivity index (χ1) is 9.29. The Morgan fingerprint density at radius 1 is 1.16 bits per heavy atom. The number of nitrogens with two attached hydrogens (primary N) is 1. The summed E-state index contributed by atoms with van der Waals surface area (Å²) in [7, 11) is 0. The van der Waals surface area contributed by atoms with Crippen molar-refractivity contribution in [2.75, 3.05) is 11.4 Å². The van der Waals surface area contributed by atoms with Gasteiger partial charge in [0, 0.05) is 24.8 Å². The summed E-state index contributed by atoms with van der Waals surface area (Å²) >= 11 is 0. The maximum atomic E-state index is 5.94. The zero-order valence-electron chi connectivity index (χ0n) is 12.1. The van der Waals surface area contributed by atoms with E-state index in [1.165, 1.54) is 61.9 Å². The maximum Gasteiger partial charge on any atom is 0.0417 e. The Balaban J connectivity index is 1.89. The van der Waals surface area contributed by atoms with Gasteiger partial charge in [0.05, 0.1) is 0 Å². The zero-order valence-corrected chi connectivity index (χ0v) is 12.1. The van der Waals surface area contributed by atoms with Crippen molar-refractivity contribution in [1.82, 2.24) is 0 Å². The van der Waals surface area contributed by atoms with Gasteiger partial charge in [-0.05, 0) is 55.7 Å². The van der Waals surface area contributed by atoms with E-state index in [0.29, 0.717) is 6.54 Å². The average molecular weight is 258 g/mol. The van der Waals surface area contributed by atoms with Gasteiger partial charge in [-0.1, -0.05) is 25.0 Å². The topological polar surface area (TPSA) is 29.3 Å². The highest BCUT2D eigenvalue weighted by Crippen LogP contribution is 2.38. The van der Waals surface area contributed by atoms with Gasteiger partial charge in [-0.25, -0.2) is 0 Å². The second kappa shape index (κ2) is 5.54. The fraction of sp³-hybridized carbons (Fsp3) is 0.647. The molecule has 0 amide bonds. The summed E-state index contributed by atoms with van der Waals surface area (Å²) in [4.78, 5) is 2.67. The predicted octanol–water partition coefficient (Wildman–Crippen LogP) is 3.61. The molecule has 1 saturated carbocycles. The van der Waals surface area contributed by atoms with E-state index < -0.39 is 0 Å². The third-order valence-corrected chi connectivity index (χ3v) is 5.01. The first-order valence-electron chi connectivity index (χ1n) is 7.86. The van der Waals surface area contributed by atoms with Crippen molar-refractivity contribution in [1.29, 1.82) is 0 Å². The summed E-state index contributed by atoms with van der Waals surface area (Å²) < 4.78 is 0. The highest BCUT2D eigenvalue weighted by molar-refractivity contribution is 5.57. The fourth-order valence-corrected chi connectivity index (χ4v) is 4.04. The summed E-state index contributed by atoms with van der Waals surface area (Å²) in [5, 5.41) is 0. The summed E-state index contributed by atoms with van der Waals surface area (Å²) in [6, 6.07) is 7.52. The number of nitrogens with zero attached hydrogens (tertiary/aromatic N) is 1. The molecule has 2 heteroatoms. The van der Waals surface area contributed by atoms with Crippen molar-refractivity contribution in [2.45, 2.75) is 58.0 Å². The second-order valence-electron chi connectivity index (χ2n) is 6.28. The lowest BCUT2D eigenvalue weighted by atomic mass is 9.95. The largest absolute Gasteiger partial charge is 0.368 e. The van der Waals surface area contributed by atoms with Crippen molar-refractivity contribution in [2.24, 2.45) is 11.7 Å². The molecule has 2 aliphatic rings. The van der Waals surface area contributed by atoms with Crippen LogP contribution >= 0.6 is 0 Å². The van der Waals surface area contributed by atoms with Crippen LogP contribution < -0.4 is 10.6 Å². The molecule has 1 atom stereocenters. The minimum atomic E-state index is 0.656. The van der Waals surface area contributed by atoms with Crippen molar-refractivity contribution in [3.8, 4) is 0 Å². The highest BCUT2D eigenvalue weighted by atomic mass is 15.2. The van der Waals surface area contributed by atoms with Crippen LogP contribution in [0.15, 0.2) is 18.2 Å². The predicted molar refractivity (Wildman–Crippen MR) is 81.4 cm³/mol. The van der Waals surface area contributed by atoms with Gasteiger partial charge in [-0.3, -0.25) is 0 Å². The van der Waals surface area contributed by atoms with Gasteiger partial charge < -0.3 is 10.6 Å². The van der Waals surface area contributed by atoms with E-state index >= 15 is 0 Å². The standard InChI is InChI=1S/C17H26N2/c1-13-8-9-15(12-18)17(11-13)19-10-4-7-16(19)14-5-2-3-6-14/h8-9,11,14,16H,2-7,10,12,18H2,1H3. The van der Waals surface area contributed by atoms with E-state index in [2.05, 4.69) is 30.0 Å². The quantitative estimate of drug-likeness (QED) is 0.897. The Kier molecular flexibility index (Phi) is 3.79. The average Bonchev–Trinajstić information content (AvgIpc) is 3.09. The molecule has 104 valence electrons. The van der Waals surface area contributed by atoms with Crippen molar-refractivity contribution in [3.63, 3.8) is 0 Å². The fourth-order valence-electron chi connectivity index (χ4n) is 4.04. The maximum absolute atomic E-state index is 5.94. The van der Waals surface area contributed by atoms with Gasteiger partial charge in [0.15, 0.2) is 0 Å². The van der Waals surface area contributed by atoms with E-state index in [1.54, 1.807) is 0 Å². The summed E-state index contributed by atoms with van der Waals surface area (Å²) in [5.74, 6) is 0.925. The molecule has 2 N–H and O–H groups in total. The van der Waals surface area contributed by atoms with E-state index in [1.807, 2.05) is 0 Å². The third-order valence-electron chi connectivity index (χ3n) is 5.01. The van der Waals surface area contributed by atoms with Gasteiger partial charge >= 0.3 is 0 Å². The molecular formula is C17H26N2. The number of benzene rings is 1. The molecule has 2 nitrogen and oxygen atoms in total. The van der Waals surface area contributed by atoms with Crippen LogP contribution in [0.1, 0.15) is 49.7 Å².